The summed E-state index contributed by atoms with van der Waals surface area (Å²) < 4.78 is 11.8. The largest absolute Gasteiger partial charge is 0.394 e. The van der Waals surface area contributed by atoms with Crippen LogP contribution >= 0.6 is 0 Å². The molecule has 3 N–H and O–H groups in total. The lowest BCUT2D eigenvalue weighted by atomic mass is 9.85. The number of aliphatic hydroxyl groups excluding tert-OH is 3. The summed E-state index contributed by atoms with van der Waals surface area (Å²) in [5, 5.41) is 28.8. The quantitative estimate of drug-likeness (QED) is 0.566. The summed E-state index contributed by atoms with van der Waals surface area (Å²) in [7, 11) is 0. The first-order valence-electron chi connectivity index (χ1n) is 8.53. The van der Waals surface area contributed by atoms with Gasteiger partial charge in [0.2, 0.25) is 0 Å². The first-order valence-corrected chi connectivity index (χ1v) is 8.53. The molecule has 5 nitrogen and oxygen atoms in total. The lowest BCUT2D eigenvalue weighted by Crippen LogP contribution is -2.37. The Morgan fingerprint density at radius 2 is 1.91 bits per heavy atom. The molecule has 1 aliphatic heterocycles. The maximum Gasteiger partial charge on any atom is 0.100 e. The van der Waals surface area contributed by atoms with Crippen LogP contribution in [0, 0.1) is 5.41 Å². The summed E-state index contributed by atoms with van der Waals surface area (Å²) in [5.41, 5.74) is -0.238. The van der Waals surface area contributed by atoms with Crippen molar-refractivity contribution in [2.75, 3.05) is 13.2 Å². The van der Waals surface area contributed by atoms with Crippen molar-refractivity contribution < 1.29 is 24.8 Å². The highest BCUT2D eigenvalue weighted by atomic mass is 16.6. The van der Waals surface area contributed by atoms with Gasteiger partial charge in [-0.2, -0.15) is 0 Å². The molecule has 22 heavy (non-hydrogen) atoms. The molecule has 1 fully saturated rings. The van der Waals surface area contributed by atoms with E-state index in [0.717, 1.165) is 25.7 Å². The van der Waals surface area contributed by atoms with Crippen molar-refractivity contribution in [1.82, 2.24) is 0 Å². The summed E-state index contributed by atoms with van der Waals surface area (Å²) in [6.45, 7) is 7.95. The predicted octanol–water partition coefficient (Wildman–Crippen LogP) is 1.87. The van der Waals surface area contributed by atoms with Crippen molar-refractivity contribution in [3.63, 3.8) is 0 Å². The predicted molar refractivity (Wildman–Crippen MR) is 85.7 cm³/mol. The molecular weight excluding hydrogens is 284 g/mol. The SMILES string of the molecule is CCCCCC1OC(C(O)C(C)(C)C)CC1OCC(O)CO. The van der Waals surface area contributed by atoms with Gasteiger partial charge in [-0.3, -0.25) is 0 Å². The summed E-state index contributed by atoms with van der Waals surface area (Å²) in [5.74, 6) is 0. The average Bonchev–Trinajstić information content (AvgIpc) is 2.86. The van der Waals surface area contributed by atoms with Gasteiger partial charge in [0.25, 0.3) is 0 Å². The van der Waals surface area contributed by atoms with Crippen LogP contribution in [0.1, 0.15) is 59.8 Å². The zero-order valence-electron chi connectivity index (χ0n) is 14.5. The molecule has 1 saturated heterocycles. The molecule has 1 heterocycles. The highest BCUT2D eigenvalue weighted by Gasteiger charge is 2.42. The van der Waals surface area contributed by atoms with E-state index < -0.39 is 12.2 Å². The summed E-state index contributed by atoms with van der Waals surface area (Å²) in [6, 6.07) is 0. The standard InChI is InChI=1S/C17H34O5/c1-5-6-7-8-13-14(21-11-12(19)10-18)9-15(22-13)16(20)17(2,3)4/h12-16,18-20H,5-11H2,1-4H3. The number of unbranched alkanes of at least 4 members (excludes halogenated alkanes) is 2. The van der Waals surface area contributed by atoms with Crippen molar-refractivity contribution in [3.8, 4) is 0 Å². The van der Waals surface area contributed by atoms with Gasteiger partial charge in [0, 0.05) is 6.42 Å². The molecule has 0 aliphatic carbocycles. The average molecular weight is 318 g/mol. The van der Waals surface area contributed by atoms with Crippen molar-refractivity contribution >= 4 is 0 Å². The van der Waals surface area contributed by atoms with E-state index in [-0.39, 0.29) is 36.9 Å². The Morgan fingerprint density at radius 1 is 1.23 bits per heavy atom. The van der Waals surface area contributed by atoms with E-state index in [2.05, 4.69) is 6.92 Å². The first-order chi connectivity index (χ1) is 10.3. The fourth-order valence-electron chi connectivity index (χ4n) is 2.82. The van der Waals surface area contributed by atoms with Crippen molar-refractivity contribution in [1.29, 1.82) is 0 Å². The van der Waals surface area contributed by atoms with Crippen LogP contribution in [0.15, 0.2) is 0 Å². The van der Waals surface area contributed by atoms with Crippen LogP contribution in [-0.4, -0.2) is 59.1 Å². The van der Waals surface area contributed by atoms with E-state index in [4.69, 9.17) is 14.6 Å². The lowest BCUT2D eigenvalue weighted by Gasteiger charge is -2.30. The van der Waals surface area contributed by atoms with Crippen LogP contribution in [0.4, 0.5) is 0 Å². The van der Waals surface area contributed by atoms with Crippen LogP contribution < -0.4 is 0 Å². The third-order valence-electron chi connectivity index (χ3n) is 4.27. The summed E-state index contributed by atoms with van der Waals surface area (Å²) >= 11 is 0. The van der Waals surface area contributed by atoms with E-state index in [1.807, 2.05) is 20.8 Å². The Morgan fingerprint density at radius 3 is 2.45 bits per heavy atom. The number of hydrogen-bond donors (Lipinski definition) is 3. The van der Waals surface area contributed by atoms with Crippen LogP contribution in [0.5, 0.6) is 0 Å². The van der Waals surface area contributed by atoms with Crippen molar-refractivity contribution in [2.24, 2.45) is 5.41 Å². The fourth-order valence-corrected chi connectivity index (χ4v) is 2.82. The van der Waals surface area contributed by atoms with Crippen LogP contribution in [0.2, 0.25) is 0 Å². The van der Waals surface area contributed by atoms with Gasteiger partial charge in [-0.25, -0.2) is 0 Å². The van der Waals surface area contributed by atoms with Crippen molar-refractivity contribution in [3.05, 3.63) is 0 Å². The smallest absolute Gasteiger partial charge is 0.100 e. The molecular formula is C17H34O5. The molecule has 1 rings (SSSR count). The topological polar surface area (TPSA) is 79.2 Å². The minimum absolute atomic E-state index is 0.0422. The van der Waals surface area contributed by atoms with E-state index in [1.54, 1.807) is 0 Å². The zero-order chi connectivity index (χ0) is 16.8. The molecule has 0 saturated carbocycles. The third-order valence-corrected chi connectivity index (χ3v) is 4.27. The lowest BCUT2D eigenvalue weighted by molar-refractivity contribution is -0.0916. The van der Waals surface area contributed by atoms with Gasteiger partial charge in [0.1, 0.15) is 6.10 Å². The van der Waals surface area contributed by atoms with Gasteiger partial charge in [-0.05, 0) is 11.8 Å². The second-order valence-corrected chi connectivity index (χ2v) is 7.46. The minimum Gasteiger partial charge on any atom is -0.394 e. The summed E-state index contributed by atoms with van der Waals surface area (Å²) in [4.78, 5) is 0. The molecule has 5 heteroatoms. The number of hydrogen-bond acceptors (Lipinski definition) is 5. The Balaban J connectivity index is 2.60. The Hall–Kier alpha value is -0.200. The van der Waals surface area contributed by atoms with Crippen LogP contribution in [0.25, 0.3) is 0 Å². The third kappa shape index (κ3) is 6.13. The molecule has 0 aromatic heterocycles. The van der Waals surface area contributed by atoms with Gasteiger partial charge >= 0.3 is 0 Å². The first kappa shape index (κ1) is 19.8. The molecule has 0 amide bonds. The van der Waals surface area contributed by atoms with Gasteiger partial charge < -0.3 is 24.8 Å². The molecule has 132 valence electrons. The molecule has 5 atom stereocenters. The highest BCUT2D eigenvalue weighted by Crippen LogP contribution is 2.34. The van der Waals surface area contributed by atoms with Gasteiger partial charge in [0.05, 0.1) is 37.6 Å². The molecule has 5 unspecified atom stereocenters. The van der Waals surface area contributed by atoms with Gasteiger partial charge in [-0.1, -0.05) is 47.0 Å². The molecule has 0 aromatic rings. The molecule has 0 bridgehead atoms. The Labute approximate surface area is 134 Å². The number of rotatable bonds is 9. The number of ether oxygens (including phenoxy) is 2. The Kier molecular flexibility index (Phi) is 8.28. The van der Waals surface area contributed by atoms with Crippen LogP contribution in [0.3, 0.4) is 0 Å². The van der Waals surface area contributed by atoms with E-state index in [1.165, 1.54) is 0 Å². The monoisotopic (exact) mass is 318 g/mol. The molecule has 0 radical (unpaired) electrons. The summed E-state index contributed by atoms with van der Waals surface area (Å²) in [6.07, 6.45) is 3.10. The normalized spacial score (nSPS) is 28.8. The number of aliphatic hydroxyl groups is 3. The van der Waals surface area contributed by atoms with E-state index in [0.29, 0.717) is 6.42 Å². The van der Waals surface area contributed by atoms with Crippen molar-refractivity contribution in [2.45, 2.75) is 90.3 Å². The van der Waals surface area contributed by atoms with Gasteiger partial charge in [0.15, 0.2) is 0 Å². The minimum atomic E-state index is -0.858. The van der Waals surface area contributed by atoms with E-state index >= 15 is 0 Å². The molecule has 0 spiro atoms. The Bertz CT molecular complexity index is 302. The van der Waals surface area contributed by atoms with Gasteiger partial charge in [-0.15, -0.1) is 0 Å². The highest BCUT2D eigenvalue weighted by molar-refractivity contribution is 4.91. The fraction of sp³-hybridized carbons (Fsp3) is 1.00. The second-order valence-electron chi connectivity index (χ2n) is 7.46. The zero-order valence-corrected chi connectivity index (χ0v) is 14.5. The molecule has 0 aromatic carbocycles. The molecule has 1 aliphatic rings. The second kappa shape index (κ2) is 9.18. The van der Waals surface area contributed by atoms with Crippen LogP contribution in [-0.2, 0) is 9.47 Å². The maximum absolute atomic E-state index is 10.4. The van der Waals surface area contributed by atoms with E-state index in [9.17, 15) is 10.2 Å². The maximum atomic E-state index is 10.4.